The van der Waals surface area contributed by atoms with E-state index in [4.69, 9.17) is 4.55 Å². The van der Waals surface area contributed by atoms with Gasteiger partial charge in [0, 0.05) is 0 Å². The normalized spacial score (nSPS) is 37.9. The van der Waals surface area contributed by atoms with Crippen molar-refractivity contribution in [1.82, 2.24) is 5.32 Å². The highest BCUT2D eigenvalue weighted by molar-refractivity contribution is 7.80. The summed E-state index contributed by atoms with van der Waals surface area (Å²) < 4.78 is 45.1. The van der Waals surface area contributed by atoms with Gasteiger partial charge in [0.1, 0.15) is 6.42 Å². The van der Waals surface area contributed by atoms with E-state index in [1.807, 2.05) is 5.32 Å². The van der Waals surface area contributed by atoms with Crippen LogP contribution in [0.2, 0.25) is 0 Å². The Labute approximate surface area is 129 Å². The van der Waals surface area contributed by atoms with Gasteiger partial charge in [0.2, 0.25) is 22.9 Å². The molecule has 0 heterocycles. The molecule has 0 saturated heterocycles. The highest BCUT2D eigenvalue weighted by Gasteiger charge is 2.55. The number of carbonyl (C=O) groups excluding carboxylic acids is 2. The molecule has 124 valence electrons. The van der Waals surface area contributed by atoms with E-state index in [9.17, 15) is 22.6 Å². The van der Waals surface area contributed by atoms with Crippen LogP contribution in [0.25, 0.3) is 0 Å². The maximum Gasteiger partial charge on any atom is 0.353 e. The summed E-state index contributed by atoms with van der Waals surface area (Å²) in [6.45, 7) is 0. The Morgan fingerprint density at radius 1 is 1.14 bits per heavy atom. The van der Waals surface area contributed by atoms with E-state index in [0.29, 0.717) is 17.8 Å². The van der Waals surface area contributed by atoms with Crippen molar-refractivity contribution in [3.63, 3.8) is 0 Å². The average molecular weight is 335 g/mol. The zero-order valence-electron chi connectivity index (χ0n) is 12.0. The van der Waals surface area contributed by atoms with Crippen LogP contribution in [0.4, 0.5) is 8.78 Å². The van der Waals surface area contributed by atoms with E-state index in [1.165, 1.54) is 0 Å². The SMILES string of the molecule is O=C(CC(F)(F)S(=O)O)NC(=O)C12CC3CC(CC(C3)C1)C2. The van der Waals surface area contributed by atoms with Gasteiger partial charge in [-0.15, -0.1) is 0 Å². The van der Waals surface area contributed by atoms with Gasteiger partial charge in [0.25, 0.3) is 0 Å². The van der Waals surface area contributed by atoms with Crippen molar-refractivity contribution < 1.29 is 27.1 Å². The fraction of sp³-hybridized carbons (Fsp3) is 0.857. The number of nitrogens with one attached hydrogen (secondary N) is 1. The summed E-state index contributed by atoms with van der Waals surface area (Å²) in [4.78, 5) is 24.1. The minimum Gasteiger partial charge on any atom is -0.301 e. The van der Waals surface area contributed by atoms with Gasteiger partial charge < -0.3 is 4.55 Å². The molecule has 2 amide bonds. The van der Waals surface area contributed by atoms with Crippen LogP contribution >= 0.6 is 0 Å². The Bertz CT molecular complexity index is 502. The van der Waals surface area contributed by atoms with Crippen molar-refractivity contribution in [1.29, 1.82) is 0 Å². The van der Waals surface area contributed by atoms with Gasteiger partial charge in [-0.2, -0.15) is 8.78 Å². The average Bonchev–Trinajstić information content (AvgIpc) is 2.35. The number of rotatable bonds is 4. The Hall–Kier alpha value is -0.890. The molecule has 0 radical (unpaired) electrons. The monoisotopic (exact) mass is 335 g/mol. The first-order chi connectivity index (χ1) is 10.2. The summed E-state index contributed by atoms with van der Waals surface area (Å²) in [5, 5.41) is -1.99. The van der Waals surface area contributed by atoms with E-state index in [2.05, 4.69) is 0 Å². The molecule has 0 aromatic carbocycles. The number of alkyl halides is 2. The molecule has 22 heavy (non-hydrogen) atoms. The first-order valence-corrected chi connectivity index (χ1v) is 8.64. The van der Waals surface area contributed by atoms with Crippen LogP contribution in [0.15, 0.2) is 0 Å². The fourth-order valence-electron chi connectivity index (χ4n) is 4.94. The molecule has 1 atom stereocenters. The lowest BCUT2D eigenvalue weighted by molar-refractivity contribution is -0.150. The van der Waals surface area contributed by atoms with Crippen LogP contribution in [0, 0.1) is 23.2 Å². The Morgan fingerprint density at radius 2 is 1.59 bits per heavy atom. The number of hydrogen-bond acceptors (Lipinski definition) is 3. The minimum absolute atomic E-state index is 0.476. The van der Waals surface area contributed by atoms with E-state index in [-0.39, 0.29) is 0 Å². The maximum absolute atomic E-state index is 13.1. The molecular weight excluding hydrogens is 316 g/mol. The van der Waals surface area contributed by atoms with E-state index >= 15 is 0 Å². The molecule has 0 aromatic rings. The largest absolute Gasteiger partial charge is 0.353 e. The molecule has 0 aromatic heterocycles. The van der Waals surface area contributed by atoms with Crippen LogP contribution in [0.5, 0.6) is 0 Å². The Kier molecular flexibility index (Phi) is 3.87. The Balaban J connectivity index is 1.65. The molecule has 4 fully saturated rings. The maximum atomic E-state index is 13.1. The summed E-state index contributed by atoms with van der Waals surface area (Å²) in [6.07, 6.45) is 4.10. The van der Waals surface area contributed by atoms with E-state index in [1.54, 1.807) is 0 Å². The standard InChI is InChI=1S/C14H19F2NO4S/c15-14(16,22(20)21)7-11(18)17-12(19)13-4-8-1-9(5-13)3-10(2-8)6-13/h8-10H,1-7H2,(H,20,21)(H,17,18,19). The predicted octanol–water partition coefficient (Wildman–Crippen LogP) is 2.05. The van der Waals surface area contributed by atoms with Crippen molar-refractivity contribution in [3.8, 4) is 0 Å². The Morgan fingerprint density at radius 3 is 2.00 bits per heavy atom. The summed E-state index contributed by atoms with van der Waals surface area (Å²) in [6, 6.07) is 0. The minimum atomic E-state index is -4.04. The molecular formula is C14H19F2NO4S. The van der Waals surface area contributed by atoms with E-state index < -0.39 is 40.0 Å². The number of hydrogen-bond donors (Lipinski definition) is 2. The number of imide groups is 1. The summed E-state index contributed by atoms with van der Waals surface area (Å²) >= 11 is -3.43. The first-order valence-electron chi connectivity index (χ1n) is 7.53. The molecule has 4 saturated carbocycles. The van der Waals surface area contributed by atoms with Crippen LogP contribution in [-0.4, -0.2) is 25.8 Å². The van der Waals surface area contributed by atoms with Crippen LogP contribution in [0.3, 0.4) is 0 Å². The van der Waals surface area contributed by atoms with Crippen molar-refractivity contribution >= 4 is 22.9 Å². The lowest BCUT2D eigenvalue weighted by atomic mass is 9.49. The van der Waals surface area contributed by atoms with E-state index in [0.717, 1.165) is 38.5 Å². The highest BCUT2D eigenvalue weighted by atomic mass is 32.2. The molecule has 8 heteroatoms. The third kappa shape index (κ3) is 2.82. The second-order valence-corrected chi connectivity index (χ2v) is 8.23. The van der Waals surface area contributed by atoms with Gasteiger partial charge in [-0.05, 0) is 56.3 Å². The smallest absolute Gasteiger partial charge is 0.301 e. The third-order valence-corrected chi connectivity index (χ3v) is 6.05. The highest BCUT2D eigenvalue weighted by Crippen LogP contribution is 2.60. The number of carbonyl (C=O) groups is 2. The van der Waals surface area contributed by atoms with Crippen molar-refractivity contribution in [3.05, 3.63) is 0 Å². The summed E-state index contributed by atoms with van der Waals surface area (Å²) in [7, 11) is 0. The van der Waals surface area contributed by atoms with Crippen LogP contribution in [-0.2, 0) is 20.7 Å². The van der Waals surface area contributed by atoms with Crippen LogP contribution in [0.1, 0.15) is 44.9 Å². The molecule has 5 nitrogen and oxygen atoms in total. The second-order valence-electron chi connectivity index (χ2n) is 7.14. The summed E-state index contributed by atoms with van der Waals surface area (Å²) in [5.74, 6) is -0.167. The first kappa shape index (κ1) is 16.0. The molecule has 1 unspecified atom stereocenters. The van der Waals surface area contributed by atoms with Crippen molar-refractivity contribution in [2.45, 2.75) is 50.2 Å². The molecule has 0 spiro atoms. The lowest BCUT2D eigenvalue weighted by Crippen LogP contribution is -2.54. The number of amides is 2. The molecule has 0 aliphatic heterocycles. The molecule has 4 aliphatic rings. The van der Waals surface area contributed by atoms with Crippen LogP contribution < -0.4 is 5.32 Å². The number of halogens is 2. The van der Waals surface area contributed by atoms with Gasteiger partial charge in [0.15, 0.2) is 0 Å². The third-order valence-electron chi connectivity index (χ3n) is 5.39. The van der Waals surface area contributed by atoms with Gasteiger partial charge in [-0.25, -0.2) is 4.21 Å². The van der Waals surface area contributed by atoms with Gasteiger partial charge in [-0.1, -0.05) is 0 Å². The predicted molar refractivity (Wildman–Crippen MR) is 74.1 cm³/mol. The molecule has 4 bridgehead atoms. The van der Waals surface area contributed by atoms with Gasteiger partial charge >= 0.3 is 5.25 Å². The van der Waals surface area contributed by atoms with Gasteiger partial charge in [0.05, 0.1) is 5.41 Å². The zero-order valence-corrected chi connectivity index (χ0v) is 12.8. The van der Waals surface area contributed by atoms with Crippen molar-refractivity contribution in [2.24, 2.45) is 23.2 Å². The quantitative estimate of drug-likeness (QED) is 0.770. The second kappa shape index (κ2) is 5.33. The van der Waals surface area contributed by atoms with Gasteiger partial charge in [-0.3, -0.25) is 14.9 Å². The summed E-state index contributed by atoms with van der Waals surface area (Å²) in [5.41, 5.74) is -0.599. The van der Waals surface area contributed by atoms with Crippen molar-refractivity contribution in [2.75, 3.05) is 0 Å². The molecule has 4 aliphatic carbocycles. The fourth-order valence-corrected chi connectivity index (χ4v) is 5.20. The molecule has 2 N–H and O–H groups in total. The zero-order chi connectivity index (χ0) is 16.1. The topological polar surface area (TPSA) is 83.5 Å². The lowest BCUT2D eigenvalue weighted by Gasteiger charge is -2.55. The molecule has 4 rings (SSSR count).